The first-order valence-corrected chi connectivity index (χ1v) is 30.6. The number of hydrogen-bond acceptors (Lipinski definition) is 16. The summed E-state index contributed by atoms with van der Waals surface area (Å²) in [5.41, 5.74) is 3.75. The van der Waals surface area contributed by atoms with Crippen molar-refractivity contribution < 1.29 is 65.1 Å². The SMILES string of the molecule is CN1Cc2c(Cl)cc(Cl)cc2C(c2cccc(S(=O)(=O)NCCOCCOCCOCCNC(=O)C(O)C(O)C(=O)NCCOCCOCCOCCNS(=O)(=O)c3cccc(C4CN(C)CC5C(Cl)CC(Cl)CC45)c3)c2)C1. The van der Waals surface area contributed by atoms with Crippen molar-refractivity contribution in [2.24, 2.45) is 11.8 Å². The third-order valence-corrected chi connectivity index (χ3v) is 18.1. The monoisotopic (exact) mass is 1210 g/mol. The van der Waals surface area contributed by atoms with E-state index >= 15 is 0 Å². The van der Waals surface area contributed by atoms with Gasteiger partial charge in [-0.3, -0.25) is 9.59 Å². The molecular weight excluding hydrogens is 1140 g/mol. The summed E-state index contributed by atoms with van der Waals surface area (Å²) in [5.74, 6) is -1.33. The number of carbonyl (C=O) groups is 2. The van der Waals surface area contributed by atoms with Gasteiger partial charge < -0.3 is 59.1 Å². The summed E-state index contributed by atoms with van der Waals surface area (Å²) in [7, 11) is -3.54. The number of benzene rings is 3. The Bertz CT molecular complexity index is 2620. The second kappa shape index (κ2) is 32.1. The van der Waals surface area contributed by atoms with Crippen molar-refractivity contribution in [3.63, 3.8) is 0 Å². The minimum Gasteiger partial charge on any atom is -0.380 e. The lowest BCUT2D eigenvalue weighted by molar-refractivity contribution is -0.146. The molecule has 20 nitrogen and oxygen atoms in total. The third kappa shape index (κ3) is 19.7. The Hall–Kier alpha value is -2.82. The van der Waals surface area contributed by atoms with Crippen LogP contribution < -0.4 is 20.1 Å². The van der Waals surface area contributed by atoms with Gasteiger partial charge in [0.2, 0.25) is 20.0 Å². The van der Waals surface area contributed by atoms with E-state index in [0.29, 0.717) is 29.1 Å². The van der Waals surface area contributed by atoms with Crippen molar-refractivity contribution in [2.75, 3.05) is 139 Å². The van der Waals surface area contributed by atoms with Crippen LogP contribution in [0.3, 0.4) is 0 Å². The Morgan fingerprint density at radius 3 is 1.60 bits per heavy atom. The second-order valence-electron chi connectivity index (χ2n) is 19.5. The number of nitrogens with one attached hydrogen (secondary N) is 4. The van der Waals surface area contributed by atoms with E-state index < -0.39 is 44.1 Å². The number of aliphatic hydroxyl groups excluding tert-OH is 2. The molecule has 0 spiro atoms. The number of piperidine rings is 1. The van der Waals surface area contributed by atoms with Crippen LogP contribution in [0.5, 0.6) is 0 Å². The van der Waals surface area contributed by atoms with Crippen LogP contribution in [0.1, 0.15) is 46.9 Å². The summed E-state index contributed by atoms with van der Waals surface area (Å²) in [6.45, 7) is 5.30. The zero-order chi connectivity index (χ0) is 56.2. The lowest BCUT2D eigenvalue weighted by atomic mass is 9.67. The number of rotatable bonds is 33. The van der Waals surface area contributed by atoms with E-state index in [4.69, 9.17) is 74.8 Å². The van der Waals surface area contributed by atoms with Crippen molar-refractivity contribution in [3.8, 4) is 0 Å². The highest BCUT2D eigenvalue weighted by Gasteiger charge is 2.44. The fourth-order valence-corrected chi connectivity index (χ4v) is 13.6. The van der Waals surface area contributed by atoms with Crippen LogP contribution in [-0.2, 0) is 64.6 Å². The highest BCUT2D eigenvalue weighted by Crippen LogP contribution is 2.47. The Morgan fingerprint density at radius 1 is 0.603 bits per heavy atom. The van der Waals surface area contributed by atoms with Crippen LogP contribution >= 0.6 is 46.4 Å². The van der Waals surface area contributed by atoms with Crippen LogP contribution in [0, 0.1) is 11.8 Å². The standard InChI is InChI=1S/C52H74Cl4N6O14S2/c1-61-31-43(41-27-37(53)29-47(55)45(41)33-61)35-5-3-7-39(25-35)77(67,68)59-11-15-73-19-23-75-21-17-71-13-9-57-51(65)49(63)50(64)52(66)58-10-14-72-18-22-76-24-20-74-16-12-60-78(69,70)40-8-4-6-36(26-40)44-32-62(2)34-46-42(44)28-38(54)30-48(46)56/h3-8,25-27,29,38,42-44,46,48-50,59-60,63-64H,9-24,28,30-34H2,1-2H3,(H,57,65)(H,58,66). The topological polar surface area (TPSA) is 253 Å². The van der Waals surface area contributed by atoms with Gasteiger partial charge in [-0.25, -0.2) is 26.3 Å². The lowest BCUT2D eigenvalue weighted by Gasteiger charge is -2.48. The summed E-state index contributed by atoms with van der Waals surface area (Å²) < 4.78 is 90.6. The second-order valence-corrected chi connectivity index (χ2v) is 25.1. The summed E-state index contributed by atoms with van der Waals surface area (Å²) >= 11 is 26.2. The molecule has 1 saturated heterocycles. The van der Waals surface area contributed by atoms with Crippen molar-refractivity contribution in [1.29, 1.82) is 0 Å². The van der Waals surface area contributed by atoms with E-state index in [-0.39, 0.29) is 144 Å². The smallest absolute Gasteiger partial charge is 0.252 e. The number of ether oxygens (including phenoxy) is 6. The number of alkyl halides is 2. The number of halogens is 4. The van der Waals surface area contributed by atoms with Crippen molar-refractivity contribution in [2.45, 2.75) is 64.0 Å². The molecule has 1 saturated carbocycles. The molecule has 2 aliphatic heterocycles. The molecule has 436 valence electrons. The van der Waals surface area contributed by atoms with Crippen LogP contribution in [0.2, 0.25) is 10.0 Å². The van der Waals surface area contributed by atoms with Crippen molar-refractivity contribution >= 4 is 78.3 Å². The third-order valence-electron chi connectivity index (χ3n) is 13.7. The summed E-state index contributed by atoms with van der Waals surface area (Å²) in [6, 6.07) is 17.5. The van der Waals surface area contributed by atoms with Crippen LogP contribution in [0.15, 0.2) is 70.5 Å². The van der Waals surface area contributed by atoms with E-state index in [0.717, 1.165) is 48.2 Å². The van der Waals surface area contributed by atoms with Gasteiger partial charge in [0.1, 0.15) is 0 Å². The lowest BCUT2D eigenvalue weighted by Crippen LogP contribution is -2.50. The molecule has 0 aromatic heterocycles. The first-order valence-electron chi connectivity index (χ1n) is 26.0. The number of nitrogens with zero attached hydrogens (tertiary/aromatic N) is 2. The summed E-state index contributed by atoms with van der Waals surface area (Å²) in [6.07, 6.45) is -2.41. The summed E-state index contributed by atoms with van der Waals surface area (Å²) in [5, 5.41) is 26.2. The molecule has 2 heterocycles. The number of likely N-dealkylation sites (tertiary alicyclic amines) is 1. The minimum absolute atomic E-state index is 0.00189. The predicted molar refractivity (Wildman–Crippen MR) is 297 cm³/mol. The highest BCUT2D eigenvalue weighted by atomic mass is 35.5. The number of aliphatic hydroxyl groups is 2. The number of likely N-dealkylation sites (N-methyl/N-ethyl adjacent to an activating group) is 2. The molecule has 0 radical (unpaired) electrons. The Kier molecular flexibility index (Phi) is 26.5. The van der Waals surface area contributed by atoms with Crippen LogP contribution in [0.4, 0.5) is 0 Å². The molecule has 3 aliphatic rings. The van der Waals surface area contributed by atoms with Gasteiger partial charge in [0.05, 0.1) is 89.1 Å². The van der Waals surface area contributed by atoms with E-state index in [1.165, 1.54) is 0 Å². The van der Waals surface area contributed by atoms with Gasteiger partial charge in [-0.15, -0.1) is 23.2 Å². The summed E-state index contributed by atoms with van der Waals surface area (Å²) in [4.78, 5) is 29.3. The molecule has 8 unspecified atom stereocenters. The number of amides is 2. The molecule has 6 rings (SSSR count). The number of hydrogen-bond donors (Lipinski definition) is 6. The number of carbonyl (C=O) groups excluding carboxylic acids is 2. The quantitative estimate of drug-likeness (QED) is 0.0379. The highest BCUT2D eigenvalue weighted by molar-refractivity contribution is 7.89. The Balaban J connectivity index is 0.713. The fourth-order valence-electron chi connectivity index (χ4n) is 9.90. The van der Waals surface area contributed by atoms with Crippen molar-refractivity contribution in [1.82, 2.24) is 29.9 Å². The molecule has 26 heteroatoms. The zero-order valence-corrected chi connectivity index (χ0v) is 48.6. The van der Waals surface area contributed by atoms with E-state index in [2.05, 4.69) is 36.9 Å². The van der Waals surface area contributed by atoms with Crippen molar-refractivity contribution in [3.05, 3.63) is 93.0 Å². The normalized spacial score (nSPS) is 21.8. The zero-order valence-electron chi connectivity index (χ0n) is 44.0. The molecule has 0 bridgehead atoms. The van der Waals surface area contributed by atoms with Gasteiger partial charge >= 0.3 is 0 Å². The first-order chi connectivity index (χ1) is 37.3. The Morgan fingerprint density at radius 2 is 1.08 bits per heavy atom. The van der Waals surface area contributed by atoms with E-state index in [1.807, 2.05) is 25.2 Å². The largest absolute Gasteiger partial charge is 0.380 e. The Labute approximate surface area is 478 Å². The van der Waals surface area contributed by atoms with Gasteiger partial charge in [0.15, 0.2) is 12.2 Å². The molecular formula is C52H74Cl4N6O14S2. The van der Waals surface area contributed by atoms with E-state index in [1.54, 1.807) is 42.5 Å². The number of fused-ring (bicyclic) bond motifs is 2. The maximum absolute atomic E-state index is 13.2. The molecule has 78 heavy (non-hydrogen) atoms. The van der Waals surface area contributed by atoms with Crippen LogP contribution in [-0.4, -0.2) is 211 Å². The van der Waals surface area contributed by atoms with Gasteiger partial charge in [-0.05, 0) is 103 Å². The average molecular weight is 1210 g/mol. The maximum Gasteiger partial charge on any atom is 0.252 e. The maximum atomic E-state index is 13.2. The average Bonchev–Trinajstić information content (AvgIpc) is 3.50. The molecule has 2 amide bonds. The van der Waals surface area contributed by atoms with Gasteiger partial charge in [0.25, 0.3) is 11.8 Å². The van der Waals surface area contributed by atoms with Gasteiger partial charge in [-0.2, -0.15) is 0 Å². The molecule has 8 atom stereocenters. The van der Waals surface area contributed by atoms with Gasteiger partial charge in [0, 0.05) is 79.1 Å². The molecule has 3 aromatic carbocycles. The number of sulfonamides is 2. The minimum atomic E-state index is -3.82. The molecule has 6 N–H and O–H groups in total. The van der Waals surface area contributed by atoms with E-state index in [9.17, 15) is 36.6 Å². The fraction of sp³-hybridized carbons (Fsp3) is 0.615. The van der Waals surface area contributed by atoms with Gasteiger partial charge in [-0.1, -0.05) is 47.5 Å². The molecule has 3 aromatic rings. The van der Waals surface area contributed by atoms with Crippen LogP contribution in [0.25, 0.3) is 0 Å². The molecule has 1 aliphatic carbocycles. The predicted octanol–water partition coefficient (Wildman–Crippen LogP) is 3.15. The first kappa shape index (κ1) is 64.3. The molecule has 2 fully saturated rings.